The Morgan fingerprint density at radius 1 is 0.481 bits per heavy atom. The molecule has 0 amide bonds. The molecule has 5 nitrogen and oxygen atoms in total. The Hall–Kier alpha value is -1.62. The Labute approximate surface area is 337 Å². The van der Waals surface area contributed by atoms with E-state index < -0.39 is 0 Å². The van der Waals surface area contributed by atoms with Crippen LogP contribution in [0.4, 0.5) is 0 Å². The maximum atomic E-state index is 12.7. The van der Waals surface area contributed by atoms with Crippen molar-refractivity contribution in [3.8, 4) is 0 Å². The van der Waals surface area contributed by atoms with E-state index >= 15 is 0 Å². The number of unbranched alkanes of at least 4 members (excludes halogenated alkanes) is 17. The minimum atomic E-state index is -0.0350. The number of esters is 2. The predicted octanol–water partition coefficient (Wildman–Crippen LogP) is 14.9. The largest absolute Gasteiger partial charge is 0.465 e. The van der Waals surface area contributed by atoms with E-state index in [2.05, 4.69) is 70.9 Å². The molecule has 0 rings (SSSR count). The number of carbonyl (C=O) groups is 2. The highest BCUT2D eigenvalue weighted by atomic mass is 16.5. The van der Waals surface area contributed by atoms with Gasteiger partial charge in [-0.15, -0.1) is 0 Å². The zero-order chi connectivity index (χ0) is 39.7. The molecule has 0 saturated heterocycles. The van der Waals surface area contributed by atoms with Crippen molar-refractivity contribution in [2.24, 2.45) is 11.8 Å². The summed E-state index contributed by atoms with van der Waals surface area (Å²) in [6, 6.07) is 0. The van der Waals surface area contributed by atoms with Gasteiger partial charge < -0.3 is 14.4 Å². The van der Waals surface area contributed by atoms with Crippen LogP contribution in [0, 0.1) is 11.8 Å². The first-order chi connectivity index (χ1) is 26.4. The van der Waals surface area contributed by atoms with E-state index in [4.69, 9.17) is 9.47 Å². The second-order valence-electron chi connectivity index (χ2n) is 16.4. The van der Waals surface area contributed by atoms with Gasteiger partial charge in [0.15, 0.2) is 0 Å². The van der Waals surface area contributed by atoms with Crippen LogP contribution < -0.4 is 0 Å². The van der Waals surface area contributed by atoms with Gasteiger partial charge in [0.2, 0.25) is 0 Å². The summed E-state index contributed by atoms with van der Waals surface area (Å²) in [6.45, 7) is 13.7. The van der Waals surface area contributed by atoms with Crippen LogP contribution in [0.1, 0.15) is 234 Å². The van der Waals surface area contributed by atoms with Crippen molar-refractivity contribution < 1.29 is 19.1 Å². The van der Waals surface area contributed by atoms with E-state index in [0.717, 1.165) is 83.2 Å². The zero-order valence-electron chi connectivity index (χ0n) is 37.2. The summed E-state index contributed by atoms with van der Waals surface area (Å²) in [4.78, 5) is 26.8. The number of rotatable bonds is 41. The van der Waals surface area contributed by atoms with Gasteiger partial charge in [-0.05, 0) is 122 Å². The Morgan fingerprint density at radius 3 is 1.37 bits per heavy atom. The molecule has 1 atom stereocenters. The van der Waals surface area contributed by atoms with Gasteiger partial charge in [0.25, 0.3) is 0 Å². The number of ether oxygens (including phenoxy) is 2. The fourth-order valence-electron chi connectivity index (χ4n) is 7.22. The third-order valence-electron chi connectivity index (χ3n) is 11.7. The predicted molar refractivity (Wildman–Crippen MR) is 235 cm³/mol. The average Bonchev–Trinajstić information content (AvgIpc) is 3.17. The number of nitrogens with zero attached hydrogens (tertiary/aromatic N) is 1. The van der Waals surface area contributed by atoms with Gasteiger partial charge >= 0.3 is 11.9 Å². The van der Waals surface area contributed by atoms with Gasteiger partial charge in [-0.2, -0.15) is 0 Å². The average molecular weight is 760 g/mol. The molecule has 0 radical (unpaired) electrons. The summed E-state index contributed by atoms with van der Waals surface area (Å²) < 4.78 is 11.5. The molecule has 0 bridgehead atoms. The summed E-state index contributed by atoms with van der Waals surface area (Å²) in [7, 11) is 2.11. The molecule has 318 valence electrons. The maximum absolute atomic E-state index is 12.7. The molecule has 0 N–H and O–H groups in total. The fraction of sp³-hybridized carbons (Fsp3) is 0.878. The minimum Gasteiger partial charge on any atom is -0.465 e. The lowest BCUT2D eigenvalue weighted by Gasteiger charge is -2.19. The monoisotopic (exact) mass is 760 g/mol. The third kappa shape index (κ3) is 36.0. The quantitative estimate of drug-likeness (QED) is 0.0353. The second-order valence-corrected chi connectivity index (χ2v) is 16.4. The molecule has 1 unspecified atom stereocenters. The van der Waals surface area contributed by atoms with Crippen LogP contribution in [0.15, 0.2) is 24.3 Å². The molecule has 54 heavy (non-hydrogen) atoms. The first kappa shape index (κ1) is 52.4. The Balaban J connectivity index is 4.06. The van der Waals surface area contributed by atoms with Crippen LogP contribution in [0.2, 0.25) is 0 Å². The Bertz CT molecular complexity index is 862. The van der Waals surface area contributed by atoms with Crippen LogP contribution in [0.5, 0.6) is 0 Å². The minimum absolute atomic E-state index is 0.00208. The van der Waals surface area contributed by atoms with Crippen molar-refractivity contribution in [1.29, 1.82) is 0 Å². The van der Waals surface area contributed by atoms with Crippen LogP contribution in [-0.2, 0) is 19.1 Å². The van der Waals surface area contributed by atoms with Crippen molar-refractivity contribution in [1.82, 2.24) is 4.90 Å². The lowest BCUT2D eigenvalue weighted by atomic mass is 9.96. The molecule has 0 spiro atoms. The first-order valence-corrected chi connectivity index (χ1v) is 23.7. The molecular weight excluding hydrogens is 667 g/mol. The fourth-order valence-corrected chi connectivity index (χ4v) is 7.22. The summed E-state index contributed by atoms with van der Waals surface area (Å²) >= 11 is 0. The standard InChI is InChI=1S/C49H93NO4/c1-7-45(8-2)38-33-29-25-21-17-13-12-14-18-22-26-30-34-39-47(54-49(52)42-37-43-50(6)11-5)40-35-31-27-23-19-15-16-20-24-28-32-36-41-48(51)53-44-46(9-3)10-4/h13,17,20,24,45-47H,7-12,14-16,18-19,21-23,25-44H2,1-6H3/b17-13-,24-20-. The van der Waals surface area contributed by atoms with E-state index in [-0.39, 0.29) is 18.0 Å². The molecule has 0 saturated carbocycles. The molecule has 0 aromatic carbocycles. The number of hydrogen-bond donors (Lipinski definition) is 0. The summed E-state index contributed by atoms with van der Waals surface area (Å²) in [5.41, 5.74) is 0. The molecule has 0 heterocycles. The zero-order valence-corrected chi connectivity index (χ0v) is 37.2. The van der Waals surface area contributed by atoms with Gasteiger partial charge in [0, 0.05) is 12.8 Å². The van der Waals surface area contributed by atoms with Crippen molar-refractivity contribution in [3.63, 3.8) is 0 Å². The van der Waals surface area contributed by atoms with Gasteiger partial charge in [-0.25, -0.2) is 0 Å². The molecule has 0 aliphatic rings. The number of allylic oxidation sites excluding steroid dienone is 4. The molecule has 0 aliphatic carbocycles. The van der Waals surface area contributed by atoms with Crippen LogP contribution in [0.3, 0.4) is 0 Å². The highest BCUT2D eigenvalue weighted by Crippen LogP contribution is 2.19. The van der Waals surface area contributed by atoms with Crippen molar-refractivity contribution >= 4 is 11.9 Å². The van der Waals surface area contributed by atoms with E-state index in [1.165, 1.54) is 122 Å². The normalized spacial score (nSPS) is 12.6. The second kappa shape index (κ2) is 41.0. The molecule has 0 aliphatic heterocycles. The van der Waals surface area contributed by atoms with E-state index in [9.17, 15) is 9.59 Å². The van der Waals surface area contributed by atoms with Gasteiger partial charge in [0.05, 0.1) is 6.61 Å². The van der Waals surface area contributed by atoms with Crippen LogP contribution in [0.25, 0.3) is 0 Å². The molecule has 0 fully saturated rings. The van der Waals surface area contributed by atoms with Gasteiger partial charge in [-0.3, -0.25) is 9.59 Å². The van der Waals surface area contributed by atoms with Gasteiger partial charge in [-0.1, -0.05) is 155 Å². The smallest absolute Gasteiger partial charge is 0.306 e. The van der Waals surface area contributed by atoms with Crippen LogP contribution >= 0.6 is 0 Å². The maximum Gasteiger partial charge on any atom is 0.306 e. The van der Waals surface area contributed by atoms with Crippen molar-refractivity contribution in [3.05, 3.63) is 24.3 Å². The Morgan fingerprint density at radius 2 is 0.889 bits per heavy atom. The molecule has 0 aromatic heterocycles. The topological polar surface area (TPSA) is 55.8 Å². The summed E-state index contributed by atoms with van der Waals surface area (Å²) in [5.74, 6) is 1.42. The SMILES string of the molecule is CCC(CC)CCCCC/C=C\CCCCCCCCC(CCCCCCCC/C=C\CCCCC(=O)OCC(CC)CC)OC(=O)CCCN(C)CC. The Kier molecular flexibility index (Phi) is 39.8. The lowest BCUT2D eigenvalue weighted by Crippen LogP contribution is -2.22. The number of hydrogen-bond acceptors (Lipinski definition) is 5. The lowest BCUT2D eigenvalue weighted by molar-refractivity contribution is -0.150. The van der Waals surface area contributed by atoms with E-state index in [1.807, 2.05) is 0 Å². The van der Waals surface area contributed by atoms with E-state index in [1.54, 1.807) is 0 Å². The van der Waals surface area contributed by atoms with E-state index in [0.29, 0.717) is 25.4 Å². The summed E-state index contributed by atoms with van der Waals surface area (Å²) in [6.07, 6.45) is 45.8. The van der Waals surface area contributed by atoms with Crippen molar-refractivity contribution in [2.75, 3.05) is 26.7 Å². The molecular formula is C49H93NO4. The van der Waals surface area contributed by atoms with Gasteiger partial charge in [0.1, 0.15) is 6.10 Å². The van der Waals surface area contributed by atoms with Crippen LogP contribution in [-0.4, -0.2) is 49.7 Å². The molecule has 0 aromatic rings. The van der Waals surface area contributed by atoms with Crippen molar-refractivity contribution in [2.45, 2.75) is 240 Å². The highest BCUT2D eigenvalue weighted by molar-refractivity contribution is 5.69. The molecule has 5 heteroatoms. The first-order valence-electron chi connectivity index (χ1n) is 23.7. The summed E-state index contributed by atoms with van der Waals surface area (Å²) in [5, 5.41) is 0. The number of carbonyl (C=O) groups excluding carboxylic acids is 2. The third-order valence-corrected chi connectivity index (χ3v) is 11.7. The highest BCUT2D eigenvalue weighted by Gasteiger charge is 2.15.